The smallest absolute Gasteiger partial charge is 0.159 e. The van der Waals surface area contributed by atoms with Gasteiger partial charge in [-0.15, -0.1) is 0 Å². The number of ketones is 1. The van der Waals surface area contributed by atoms with Crippen molar-refractivity contribution in [1.29, 1.82) is 0 Å². The van der Waals surface area contributed by atoms with E-state index >= 15 is 0 Å². The van der Waals surface area contributed by atoms with E-state index in [2.05, 4.69) is 13.8 Å². The second-order valence-corrected chi connectivity index (χ2v) is 6.99. The summed E-state index contributed by atoms with van der Waals surface area (Å²) in [5.74, 6) is 2.70. The average molecular weight is 304 g/mol. The van der Waals surface area contributed by atoms with Crippen molar-refractivity contribution >= 4 is 5.78 Å². The lowest BCUT2D eigenvalue weighted by molar-refractivity contribution is -0.912. The highest BCUT2D eigenvalue weighted by atomic mass is 16.5. The first-order chi connectivity index (χ1) is 10.5. The van der Waals surface area contributed by atoms with Crippen molar-refractivity contribution in [2.75, 3.05) is 26.2 Å². The number of piperidine rings is 1. The maximum Gasteiger partial charge on any atom is 0.159 e. The van der Waals surface area contributed by atoms with Gasteiger partial charge >= 0.3 is 0 Å². The fourth-order valence-corrected chi connectivity index (χ4v) is 3.58. The van der Waals surface area contributed by atoms with E-state index < -0.39 is 0 Å². The van der Waals surface area contributed by atoms with E-state index in [1.165, 1.54) is 32.5 Å². The molecule has 1 heterocycles. The van der Waals surface area contributed by atoms with E-state index in [0.29, 0.717) is 0 Å². The second kappa shape index (κ2) is 8.33. The average Bonchev–Trinajstić information content (AvgIpc) is 2.46. The molecule has 0 aromatic heterocycles. The van der Waals surface area contributed by atoms with Crippen molar-refractivity contribution in [2.45, 2.75) is 40.0 Å². The van der Waals surface area contributed by atoms with Gasteiger partial charge in [-0.2, -0.15) is 0 Å². The Morgan fingerprint density at radius 2 is 1.77 bits per heavy atom. The van der Waals surface area contributed by atoms with Crippen molar-refractivity contribution in [3.63, 3.8) is 0 Å². The molecular weight excluding hydrogens is 274 g/mol. The van der Waals surface area contributed by atoms with E-state index in [-0.39, 0.29) is 5.78 Å². The molecule has 3 heteroatoms. The summed E-state index contributed by atoms with van der Waals surface area (Å²) >= 11 is 0. The largest absolute Gasteiger partial charge is 0.494 e. The van der Waals surface area contributed by atoms with Crippen molar-refractivity contribution in [2.24, 2.45) is 11.8 Å². The van der Waals surface area contributed by atoms with Crippen molar-refractivity contribution in [3.05, 3.63) is 29.8 Å². The molecule has 1 N–H and O–H groups in total. The molecule has 0 spiro atoms. The number of hydrogen-bond donors (Lipinski definition) is 1. The molecule has 1 saturated heterocycles. The number of nitrogens with one attached hydrogen (secondary N) is 1. The lowest BCUT2D eigenvalue weighted by Gasteiger charge is -2.32. The molecule has 2 atom stereocenters. The van der Waals surface area contributed by atoms with Crippen LogP contribution in [0.4, 0.5) is 0 Å². The van der Waals surface area contributed by atoms with Crippen molar-refractivity contribution in [1.82, 2.24) is 0 Å². The Labute approximate surface area is 134 Å². The summed E-state index contributed by atoms with van der Waals surface area (Å²) in [7, 11) is 0. The molecule has 0 saturated carbocycles. The Balaban J connectivity index is 1.62. The first-order valence-corrected chi connectivity index (χ1v) is 8.62. The number of benzene rings is 1. The van der Waals surface area contributed by atoms with Gasteiger partial charge < -0.3 is 9.64 Å². The van der Waals surface area contributed by atoms with Crippen LogP contribution in [0.3, 0.4) is 0 Å². The van der Waals surface area contributed by atoms with Crippen molar-refractivity contribution in [3.8, 4) is 5.75 Å². The molecule has 3 nitrogen and oxygen atoms in total. The van der Waals surface area contributed by atoms with Gasteiger partial charge in [0.2, 0.25) is 0 Å². The fourth-order valence-electron chi connectivity index (χ4n) is 3.58. The Bertz CT molecular complexity index is 459. The Morgan fingerprint density at radius 3 is 2.36 bits per heavy atom. The lowest BCUT2D eigenvalue weighted by atomic mass is 9.92. The topological polar surface area (TPSA) is 30.7 Å². The van der Waals surface area contributed by atoms with Gasteiger partial charge in [-0.3, -0.25) is 4.79 Å². The predicted octanol–water partition coefficient (Wildman–Crippen LogP) is 2.61. The highest BCUT2D eigenvalue weighted by Gasteiger charge is 2.24. The third-order valence-electron chi connectivity index (χ3n) is 4.53. The number of hydrogen-bond acceptors (Lipinski definition) is 2. The summed E-state index contributed by atoms with van der Waals surface area (Å²) < 4.78 is 5.75. The number of Topliss-reactive ketones (excluding diaryl/α,β-unsaturated/α-hetero) is 1. The predicted molar refractivity (Wildman–Crippen MR) is 89.7 cm³/mol. The maximum atomic E-state index is 11.2. The van der Waals surface area contributed by atoms with Gasteiger partial charge in [0.05, 0.1) is 26.2 Å². The standard InChI is InChI=1S/C19H29NO2/c1-15-12-16(2)14-20(13-15)10-4-5-11-22-19-8-6-18(7-9-19)17(3)21/h6-9,15-16H,4-5,10-14H2,1-3H3/p+1/t15-,16-/m1/s1. The minimum Gasteiger partial charge on any atom is -0.494 e. The molecule has 122 valence electrons. The van der Waals surface area contributed by atoms with Gasteiger partial charge in [0.25, 0.3) is 0 Å². The minimum atomic E-state index is 0.0968. The summed E-state index contributed by atoms with van der Waals surface area (Å²) in [5.41, 5.74) is 0.740. The zero-order valence-electron chi connectivity index (χ0n) is 14.2. The van der Waals surface area contributed by atoms with Gasteiger partial charge in [-0.05, 0) is 50.5 Å². The summed E-state index contributed by atoms with van der Waals surface area (Å²) in [5, 5.41) is 0. The van der Waals surface area contributed by atoms with E-state index in [9.17, 15) is 4.79 Å². The van der Waals surface area contributed by atoms with Gasteiger partial charge in [0.15, 0.2) is 5.78 Å². The third-order valence-corrected chi connectivity index (χ3v) is 4.53. The van der Waals surface area contributed by atoms with Gasteiger partial charge in [0.1, 0.15) is 5.75 Å². The molecule has 0 bridgehead atoms. The maximum absolute atomic E-state index is 11.2. The number of quaternary nitrogens is 1. The zero-order chi connectivity index (χ0) is 15.9. The minimum absolute atomic E-state index is 0.0968. The van der Waals surface area contributed by atoms with Crippen LogP contribution in [0.25, 0.3) is 0 Å². The van der Waals surface area contributed by atoms with Crippen LogP contribution in [0.5, 0.6) is 5.75 Å². The number of unbranched alkanes of at least 4 members (excludes halogenated alkanes) is 1. The normalized spacial score (nSPS) is 25.0. The van der Waals surface area contributed by atoms with E-state index in [0.717, 1.165) is 36.2 Å². The number of rotatable bonds is 7. The van der Waals surface area contributed by atoms with E-state index in [4.69, 9.17) is 4.74 Å². The fraction of sp³-hybridized carbons (Fsp3) is 0.632. The Hall–Kier alpha value is -1.35. The number of carbonyl (C=O) groups is 1. The van der Waals surface area contributed by atoms with Gasteiger partial charge in [-0.1, -0.05) is 13.8 Å². The summed E-state index contributed by atoms with van der Waals surface area (Å²) in [6.45, 7) is 11.0. The lowest BCUT2D eigenvalue weighted by Crippen LogP contribution is -3.14. The van der Waals surface area contributed by atoms with Gasteiger partial charge in [0, 0.05) is 17.4 Å². The van der Waals surface area contributed by atoms with Crippen LogP contribution >= 0.6 is 0 Å². The van der Waals surface area contributed by atoms with Crippen LogP contribution in [0, 0.1) is 11.8 Å². The quantitative estimate of drug-likeness (QED) is 0.620. The highest BCUT2D eigenvalue weighted by Crippen LogP contribution is 2.13. The molecule has 0 aliphatic carbocycles. The van der Waals surface area contributed by atoms with Crippen LogP contribution in [0.2, 0.25) is 0 Å². The summed E-state index contributed by atoms with van der Waals surface area (Å²) in [6.07, 6.45) is 3.71. The SMILES string of the molecule is CC(=O)c1ccc(OCCCC[NH+]2C[C@H](C)C[C@@H](C)C2)cc1. The molecule has 1 aliphatic heterocycles. The molecule has 0 amide bonds. The van der Waals surface area contributed by atoms with Crippen LogP contribution in [-0.4, -0.2) is 32.0 Å². The molecule has 22 heavy (non-hydrogen) atoms. The van der Waals surface area contributed by atoms with Crippen LogP contribution in [0.1, 0.15) is 50.4 Å². The van der Waals surface area contributed by atoms with E-state index in [1.807, 2.05) is 24.3 Å². The monoisotopic (exact) mass is 304 g/mol. The summed E-state index contributed by atoms with van der Waals surface area (Å²) in [6, 6.07) is 7.43. The van der Waals surface area contributed by atoms with Gasteiger partial charge in [-0.25, -0.2) is 0 Å². The molecule has 1 aromatic rings. The number of carbonyl (C=O) groups excluding carboxylic acids is 1. The first kappa shape index (κ1) is 17.0. The zero-order valence-corrected chi connectivity index (χ0v) is 14.2. The highest BCUT2D eigenvalue weighted by molar-refractivity contribution is 5.94. The third kappa shape index (κ3) is 5.45. The first-order valence-electron chi connectivity index (χ1n) is 8.62. The molecule has 1 aromatic carbocycles. The summed E-state index contributed by atoms with van der Waals surface area (Å²) in [4.78, 5) is 13.0. The molecule has 1 fully saturated rings. The molecule has 0 unspecified atom stereocenters. The molecule has 2 rings (SSSR count). The molecule has 1 aliphatic rings. The van der Waals surface area contributed by atoms with E-state index in [1.54, 1.807) is 11.8 Å². The van der Waals surface area contributed by atoms with Crippen LogP contribution < -0.4 is 9.64 Å². The molecular formula is C19H30NO2+. The number of ether oxygens (including phenoxy) is 1. The molecule has 0 radical (unpaired) electrons. The Morgan fingerprint density at radius 1 is 1.14 bits per heavy atom. The van der Waals surface area contributed by atoms with Crippen LogP contribution in [0.15, 0.2) is 24.3 Å². The van der Waals surface area contributed by atoms with Crippen LogP contribution in [-0.2, 0) is 0 Å². The Kier molecular flexibility index (Phi) is 6.44. The van der Waals surface area contributed by atoms with Crippen molar-refractivity contribution < 1.29 is 14.4 Å². The number of likely N-dealkylation sites (tertiary alicyclic amines) is 1. The second-order valence-electron chi connectivity index (χ2n) is 6.99.